The molecule has 1 fully saturated rings. The minimum atomic E-state index is -4.54. The molecule has 0 amide bonds. The zero-order valence-electron chi connectivity index (χ0n) is 24.2. The lowest BCUT2D eigenvalue weighted by molar-refractivity contribution is -0.154. The van der Waals surface area contributed by atoms with Crippen molar-refractivity contribution in [1.82, 2.24) is 14.6 Å². The SMILES string of the molecule is CC(C)CCOC(=O)[C@H](CC(=O)OC(C)C)NP(=O)(OC[C@H]1O[C@@H](n2cnc(C#N)c2O)[C@H](O)C1O)Oc1ccccc1. The topological polar surface area (TPSA) is 212 Å². The maximum atomic E-state index is 14.1. The molecule has 0 aliphatic carbocycles. The number of nitrogens with zero attached hydrogens (tertiary/aromatic N) is 3. The number of aromatic hydroxyl groups is 1. The van der Waals surface area contributed by atoms with Crippen molar-refractivity contribution in [3.8, 4) is 17.7 Å². The number of carbonyl (C=O) groups excluding carboxylic acids is 2. The summed E-state index contributed by atoms with van der Waals surface area (Å²) in [5, 5.41) is 42.9. The molecule has 0 saturated carbocycles. The van der Waals surface area contributed by atoms with Gasteiger partial charge in [0.2, 0.25) is 11.6 Å². The largest absolute Gasteiger partial charge is 0.492 e. The third-order valence-corrected chi connectivity index (χ3v) is 7.71. The quantitative estimate of drug-likeness (QED) is 0.165. The normalized spacial score (nSPS) is 22.1. The first-order valence-electron chi connectivity index (χ1n) is 13.6. The van der Waals surface area contributed by atoms with E-state index in [4.69, 9.17) is 28.5 Å². The number of hydrogen-bond donors (Lipinski definition) is 4. The molecule has 0 spiro atoms. The molecule has 16 heteroatoms. The van der Waals surface area contributed by atoms with Crippen molar-refractivity contribution < 1.29 is 52.7 Å². The average Bonchev–Trinajstić information content (AvgIpc) is 3.44. The molecule has 1 saturated heterocycles. The average molecular weight is 625 g/mol. The number of para-hydroxylation sites is 1. The van der Waals surface area contributed by atoms with Crippen LogP contribution in [0, 0.1) is 17.2 Å². The third kappa shape index (κ3) is 9.49. The molecule has 1 aliphatic rings. The molecule has 1 aromatic carbocycles. The summed E-state index contributed by atoms with van der Waals surface area (Å²) < 4.78 is 42.4. The van der Waals surface area contributed by atoms with E-state index in [0.717, 1.165) is 10.9 Å². The van der Waals surface area contributed by atoms with E-state index in [1.54, 1.807) is 38.1 Å². The number of aliphatic hydroxyl groups is 2. The minimum absolute atomic E-state index is 0.0502. The molecule has 43 heavy (non-hydrogen) atoms. The molecule has 236 valence electrons. The number of aliphatic hydroxyl groups excluding tert-OH is 2. The van der Waals surface area contributed by atoms with Gasteiger partial charge in [0.05, 0.1) is 25.7 Å². The summed E-state index contributed by atoms with van der Waals surface area (Å²) in [5.74, 6) is -1.93. The molecule has 4 N–H and O–H groups in total. The highest BCUT2D eigenvalue weighted by Crippen LogP contribution is 2.46. The van der Waals surface area contributed by atoms with Crippen LogP contribution < -0.4 is 9.61 Å². The molecule has 1 aromatic heterocycles. The fraction of sp³-hybridized carbons (Fsp3) is 0.556. The van der Waals surface area contributed by atoms with Crippen LogP contribution in [-0.2, 0) is 32.9 Å². The van der Waals surface area contributed by atoms with Crippen LogP contribution in [0.4, 0.5) is 0 Å². The number of rotatable bonds is 15. The van der Waals surface area contributed by atoms with Crippen LogP contribution in [0.5, 0.6) is 11.6 Å². The van der Waals surface area contributed by atoms with Crippen molar-refractivity contribution in [2.24, 2.45) is 5.92 Å². The van der Waals surface area contributed by atoms with Gasteiger partial charge in [0, 0.05) is 0 Å². The molecule has 1 aliphatic heterocycles. The van der Waals surface area contributed by atoms with E-state index in [1.807, 2.05) is 13.8 Å². The summed E-state index contributed by atoms with van der Waals surface area (Å²) in [4.78, 5) is 29.2. The summed E-state index contributed by atoms with van der Waals surface area (Å²) in [7, 11) is -4.54. The standard InChI is InChI=1S/C27H37N4O11P/c1-16(2)10-11-38-27(36)19(12-22(32)40-17(3)4)30-43(37,42-18-8-6-5-7-9-18)39-14-21-23(33)24(34)26(41-21)31-15-29-20(13-28)25(31)35/h5-9,15-17,19,21,23-24,26,33-35H,10-12,14H2,1-4H3,(H,30,37)/t19-,21+,23?,24+,26+,43?/m0/s1. The second-order valence-corrected chi connectivity index (χ2v) is 12.1. The summed E-state index contributed by atoms with van der Waals surface area (Å²) in [6.07, 6.45) is -5.32. The van der Waals surface area contributed by atoms with Gasteiger partial charge in [0.25, 0.3) is 0 Å². The number of nitrogens with one attached hydrogen (secondary N) is 1. The zero-order valence-corrected chi connectivity index (χ0v) is 25.1. The van der Waals surface area contributed by atoms with Crippen molar-refractivity contribution >= 4 is 19.7 Å². The molecule has 2 heterocycles. The number of aromatic nitrogens is 2. The first kappa shape index (κ1) is 34.0. The van der Waals surface area contributed by atoms with Crippen LogP contribution in [-0.4, -0.2) is 80.5 Å². The molecule has 2 aromatic rings. The van der Waals surface area contributed by atoms with Crippen LogP contribution in [0.25, 0.3) is 0 Å². The van der Waals surface area contributed by atoms with E-state index in [0.29, 0.717) is 6.42 Å². The maximum absolute atomic E-state index is 14.1. The van der Waals surface area contributed by atoms with E-state index < -0.39 is 75.3 Å². The van der Waals surface area contributed by atoms with Gasteiger partial charge in [-0.25, -0.2) is 9.55 Å². The lowest BCUT2D eigenvalue weighted by atomic mass is 10.1. The molecule has 15 nitrogen and oxygen atoms in total. The molecular formula is C27H37N4O11P. The summed E-state index contributed by atoms with van der Waals surface area (Å²) in [5.41, 5.74) is -0.322. The Kier molecular flexibility index (Phi) is 12.1. The Balaban J connectivity index is 1.82. The Morgan fingerprint density at radius 3 is 2.49 bits per heavy atom. The first-order valence-corrected chi connectivity index (χ1v) is 15.2. The van der Waals surface area contributed by atoms with Crippen LogP contribution in [0.2, 0.25) is 0 Å². The van der Waals surface area contributed by atoms with E-state index in [9.17, 15) is 29.5 Å². The highest BCUT2D eigenvalue weighted by atomic mass is 31.2. The number of imidazole rings is 1. The zero-order chi connectivity index (χ0) is 31.7. The van der Waals surface area contributed by atoms with Gasteiger partial charge in [-0.2, -0.15) is 10.3 Å². The number of carbonyl (C=O) groups is 2. The van der Waals surface area contributed by atoms with Gasteiger partial charge in [0.1, 0.15) is 42.5 Å². The van der Waals surface area contributed by atoms with E-state index in [1.165, 1.54) is 12.1 Å². The van der Waals surface area contributed by atoms with Crippen molar-refractivity contribution in [1.29, 1.82) is 5.26 Å². The number of esters is 2. The second kappa shape index (κ2) is 15.3. The number of hydrogen-bond acceptors (Lipinski definition) is 13. The van der Waals surface area contributed by atoms with E-state index in [-0.39, 0.29) is 24.0 Å². The van der Waals surface area contributed by atoms with Gasteiger partial charge in [-0.15, -0.1) is 0 Å². The van der Waals surface area contributed by atoms with Crippen LogP contribution in [0.1, 0.15) is 52.5 Å². The van der Waals surface area contributed by atoms with E-state index >= 15 is 0 Å². The van der Waals surface area contributed by atoms with Gasteiger partial charge < -0.3 is 34.1 Å². The fourth-order valence-corrected chi connectivity index (χ4v) is 5.44. The van der Waals surface area contributed by atoms with Crippen LogP contribution in [0.3, 0.4) is 0 Å². The Morgan fingerprint density at radius 2 is 1.88 bits per heavy atom. The lowest BCUT2D eigenvalue weighted by Crippen LogP contribution is -2.41. The van der Waals surface area contributed by atoms with Crippen molar-refractivity contribution in [2.75, 3.05) is 13.2 Å². The van der Waals surface area contributed by atoms with Gasteiger partial charge in [0.15, 0.2) is 6.23 Å². The Bertz CT molecular complexity index is 1310. The number of ether oxygens (including phenoxy) is 3. The molecular weight excluding hydrogens is 587 g/mol. The van der Waals surface area contributed by atoms with Crippen molar-refractivity contribution in [3.63, 3.8) is 0 Å². The van der Waals surface area contributed by atoms with Gasteiger partial charge in [-0.3, -0.25) is 18.7 Å². The lowest BCUT2D eigenvalue weighted by Gasteiger charge is -2.26. The first-order chi connectivity index (χ1) is 20.3. The molecule has 0 radical (unpaired) electrons. The van der Waals surface area contributed by atoms with Crippen LogP contribution >= 0.6 is 7.75 Å². The summed E-state index contributed by atoms with van der Waals surface area (Å²) in [6, 6.07) is 8.04. The Labute approximate surface area is 248 Å². The highest BCUT2D eigenvalue weighted by molar-refractivity contribution is 7.52. The predicted molar refractivity (Wildman–Crippen MR) is 148 cm³/mol. The minimum Gasteiger partial charge on any atom is -0.492 e. The number of benzene rings is 1. The summed E-state index contributed by atoms with van der Waals surface area (Å²) in [6.45, 7) is 6.56. The van der Waals surface area contributed by atoms with Crippen molar-refractivity contribution in [2.45, 2.75) is 77.2 Å². The molecule has 2 unspecified atom stereocenters. The number of nitriles is 1. The maximum Gasteiger partial charge on any atom is 0.459 e. The van der Waals surface area contributed by atoms with Gasteiger partial charge in [-0.1, -0.05) is 32.0 Å². The predicted octanol–water partition coefficient (Wildman–Crippen LogP) is 2.17. The van der Waals surface area contributed by atoms with E-state index in [2.05, 4.69) is 10.1 Å². The van der Waals surface area contributed by atoms with Gasteiger partial charge in [-0.05, 0) is 38.3 Å². The molecule has 6 atom stereocenters. The third-order valence-electron chi connectivity index (χ3n) is 6.14. The second-order valence-electron chi connectivity index (χ2n) is 10.5. The molecule has 0 bridgehead atoms. The fourth-order valence-electron chi connectivity index (χ4n) is 3.94. The monoisotopic (exact) mass is 624 g/mol. The highest BCUT2D eigenvalue weighted by Gasteiger charge is 2.46. The molecule has 3 rings (SSSR count). The van der Waals surface area contributed by atoms with Gasteiger partial charge >= 0.3 is 19.7 Å². The van der Waals surface area contributed by atoms with Crippen LogP contribution in [0.15, 0.2) is 36.7 Å². The smallest absolute Gasteiger partial charge is 0.459 e. The summed E-state index contributed by atoms with van der Waals surface area (Å²) >= 11 is 0. The Morgan fingerprint density at radius 1 is 1.19 bits per heavy atom. The Hall–Kier alpha value is -3.51. The van der Waals surface area contributed by atoms with Crippen molar-refractivity contribution in [3.05, 3.63) is 42.4 Å².